The highest BCUT2D eigenvalue weighted by molar-refractivity contribution is 8.48. The smallest absolute Gasteiger partial charge is 0.305 e. The van der Waals surface area contributed by atoms with E-state index in [0.29, 0.717) is 26.1 Å². The highest BCUT2D eigenvalue weighted by atomic mass is 32.3. The maximum absolute atomic E-state index is 11.8. The summed E-state index contributed by atoms with van der Waals surface area (Å²) in [5, 5.41) is 2.06. The van der Waals surface area contributed by atoms with Crippen molar-refractivity contribution in [1.29, 1.82) is 0 Å². The fourth-order valence-electron chi connectivity index (χ4n) is 4.39. The molecular weight excluding hydrogens is 897 g/mol. The van der Waals surface area contributed by atoms with E-state index in [2.05, 4.69) is 13.8 Å². The molecule has 4 nitrogen and oxygen atoms in total. The van der Waals surface area contributed by atoms with Gasteiger partial charge in [0.05, 0.1) is 55.6 Å². The molecule has 50 heavy (non-hydrogen) atoms. The number of esters is 2. The first kappa shape index (κ1) is 43.4. The minimum Gasteiger partial charge on any atom is -0.466 e. The Morgan fingerprint density at radius 2 is 0.860 bits per heavy atom. The summed E-state index contributed by atoms with van der Waals surface area (Å²) in [4.78, 5) is 26.7. The lowest BCUT2D eigenvalue weighted by Gasteiger charge is -2.09. The molecule has 0 amide bonds. The van der Waals surface area contributed by atoms with E-state index in [1.807, 2.05) is 179 Å². The van der Waals surface area contributed by atoms with E-state index in [-0.39, 0.29) is 11.9 Å². The van der Waals surface area contributed by atoms with Gasteiger partial charge < -0.3 is 9.47 Å². The van der Waals surface area contributed by atoms with Gasteiger partial charge in [0.15, 0.2) is 0 Å². The molecule has 0 spiro atoms. The molecule has 18 heteroatoms. The number of thioether (sulfide) groups is 14. The van der Waals surface area contributed by atoms with Crippen LogP contribution in [0.3, 0.4) is 0 Å². The number of hydrogen-bond donors (Lipinski definition) is 0. The molecule has 0 radical (unpaired) electrons. The molecular formula is C32H40O4S14. The number of rotatable bonds is 16. The maximum Gasteiger partial charge on any atom is 0.305 e. The van der Waals surface area contributed by atoms with Crippen LogP contribution < -0.4 is 0 Å². The summed E-state index contributed by atoms with van der Waals surface area (Å²) in [5.41, 5.74) is 0. The first-order chi connectivity index (χ1) is 24.4. The standard InChI is InChI=1S/C32H40O4S14/c1-5-19-20(6-2)44-29(43-19)30-47-25-26(48-30)40-18-42-28-27(41-17-39-25)49-32(50-28)31-45-23(37-15-11-9-13-21(33)35-7-3)24(46-31)38-16-12-10-14-22(34)36-8-4/h5-18H2,1-4H3. The fourth-order valence-corrected chi connectivity index (χ4v) is 26.5. The molecule has 5 rings (SSSR count). The van der Waals surface area contributed by atoms with Gasteiger partial charge in [-0.2, -0.15) is 0 Å². The fraction of sp³-hybridized carbons (Fsp3) is 0.562. The minimum atomic E-state index is -0.0956. The van der Waals surface area contributed by atoms with Crippen LogP contribution in [0.1, 0.15) is 79.1 Å². The highest BCUT2D eigenvalue weighted by Crippen LogP contribution is 2.69. The molecule has 0 N–H and O–H groups in total. The molecule has 0 aliphatic carbocycles. The zero-order valence-corrected chi connectivity index (χ0v) is 39.7. The molecule has 0 unspecified atom stereocenters. The Kier molecular flexibility index (Phi) is 20.4. The van der Waals surface area contributed by atoms with E-state index in [4.69, 9.17) is 9.47 Å². The Balaban J connectivity index is 1.15. The van der Waals surface area contributed by atoms with Crippen molar-refractivity contribution in [1.82, 2.24) is 0 Å². The zero-order valence-electron chi connectivity index (χ0n) is 28.2. The van der Waals surface area contributed by atoms with Crippen LogP contribution in [0.15, 0.2) is 52.2 Å². The van der Waals surface area contributed by atoms with Crippen molar-refractivity contribution in [3.8, 4) is 0 Å². The van der Waals surface area contributed by atoms with Crippen molar-refractivity contribution < 1.29 is 19.1 Å². The Bertz CT molecular complexity index is 1370. The van der Waals surface area contributed by atoms with E-state index in [1.165, 1.54) is 42.4 Å². The molecule has 0 aromatic heterocycles. The maximum atomic E-state index is 11.8. The van der Waals surface area contributed by atoms with Crippen molar-refractivity contribution >= 4 is 177 Å². The molecule has 0 fully saturated rings. The predicted molar refractivity (Wildman–Crippen MR) is 249 cm³/mol. The van der Waals surface area contributed by atoms with Gasteiger partial charge in [-0.1, -0.05) is 108 Å². The molecule has 0 aromatic carbocycles. The van der Waals surface area contributed by atoms with E-state index in [0.717, 1.165) is 60.2 Å². The van der Waals surface area contributed by atoms with Gasteiger partial charge in [-0.05, 0) is 73.7 Å². The van der Waals surface area contributed by atoms with E-state index in [1.54, 1.807) is 9.81 Å². The lowest BCUT2D eigenvalue weighted by molar-refractivity contribution is -0.144. The van der Waals surface area contributed by atoms with Gasteiger partial charge in [0.1, 0.15) is 0 Å². The highest BCUT2D eigenvalue weighted by Gasteiger charge is 2.33. The normalized spacial score (nSPS) is 20.1. The third-order valence-corrected chi connectivity index (χ3v) is 27.7. The predicted octanol–water partition coefficient (Wildman–Crippen LogP) is 15.4. The summed E-state index contributed by atoms with van der Waals surface area (Å²) in [6, 6.07) is 0. The third kappa shape index (κ3) is 13.2. The number of ether oxygens (including phenoxy) is 2. The molecule has 5 heterocycles. The summed E-state index contributed by atoms with van der Waals surface area (Å²) in [7, 11) is 0. The lowest BCUT2D eigenvalue weighted by atomic mass is 10.2. The van der Waals surface area contributed by atoms with Gasteiger partial charge in [-0.15, -0.1) is 70.6 Å². The molecule has 0 saturated carbocycles. The first-order valence-corrected chi connectivity index (χ1v) is 28.8. The molecule has 0 aromatic rings. The largest absolute Gasteiger partial charge is 0.466 e. The van der Waals surface area contributed by atoms with Gasteiger partial charge in [0, 0.05) is 23.0 Å². The monoisotopic (exact) mass is 936 g/mol. The molecule has 5 aliphatic heterocycles. The molecule has 0 bridgehead atoms. The van der Waals surface area contributed by atoms with E-state index in [9.17, 15) is 9.59 Å². The van der Waals surface area contributed by atoms with Crippen molar-refractivity contribution in [2.24, 2.45) is 0 Å². The zero-order chi connectivity index (χ0) is 35.3. The second-order valence-electron chi connectivity index (χ2n) is 10.3. The second kappa shape index (κ2) is 23.5. The van der Waals surface area contributed by atoms with Gasteiger partial charge in [-0.25, -0.2) is 0 Å². The first-order valence-electron chi connectivity index (χ1n) is 16.4. The summed E-state index contributed by atoms with van der Waals surface area (Å²) in [5.74, 6) is 1.79. The average molecular weight is 938 g/mol. The van der Waals surface area contributed by atoms with Crippen molar-refractivity contribution in [2.45, 2.75) is 79.1 Å². The number of carbonyl (C=O) groups is 2. The van der Waals surface area contributed by atoms with Crippen LogP contribution in [0.5, 0.6) is 0 Å². The Morgan fingerprint density at radius 1 is 0.500 bits per heavy atom. The van der Waals surface area contributed by atoms with Crippen LogP contribution in [-0.4, -0.2) is 46.8 Å². The summed E-state index contributed by atoms with van der Waals surface area (Å²) in [6.07, 6.45) is 6.95. The lowest BCUT2D eigenvalue weighted by Crippen LogP contribution is -2.03. The summed E-state index contributed by atoms with van der Waals surface area (Å²) in [6.45, 7) is 9.17. The van der Waals surface area contributed by atoms with Gasteiger partial charge in [-0.3, -0.25) is 9.59 Å². The van der Waals surface area contributed by atoms with Crippen LogP contribution in [0.4, 0.5) is 0 Å². The molecule has 5 aliphatic rings. The van der Waals surface area contributed by atoms with Crippen LogP contribution in [0.25, 0.3) is 0 Å². The van der Waals surface area contributed by atoms with Gasteiger partial charge in [0.25, 0.3) is 0 Å². The SMILES string of the molecule is CCOC(=O)CCCCSC1=C(SCCCCC(=O)OCC)SC(=C2SC3=C(SCSC4=C(SCS3)SC(=C3SC(CC)=C(CC)S3)S4)S2)S1. The van der Waals surface area contributed by atoms with Crippen molar-refractivity contribution in [2.75, 3.05) is 34.9 Å². The Hall–Kier alpha value is 2.28. The Labute approximate surface area is 357 Å². The quantitative estimate of drug-likeness (QED) is 0.109. The van der Waals surface area contributed by atoms with E-state index < -0.39 is 0 Å². The molecule has 276 valence electrons. The second-order valence-corrected chi connectivity index (χ2v) is 28.1. The van der Waals surface area contributed by atoms with Gasteiger partial charge >= 0.3 is 11.9 Å². The summed E-state index contributed by atoms with van der Waals surface area (Å²) >= 11 is 27.7. The topological polar surface area (TPSA) is 52.6 Å². The van der Waals surface area contributed by atoms with Crippen molar-refractivity contribution in [3.05, 3.63) is 52.2 Å². The van der Waals surface area contributed by atoms with Crippen LogP contribution >= 0.6 is 165 Å². The number of hydrogen-bond acceptors (Lipinski definition) is 18. The minimum absolute atomic E-state index is 0.0956. The summed E-state index contributed by atoms with van der Waals surface area (Å²) < 4.78 is 24.6. The van der Waals surface area contributed by atoms with Gasteiger partial charge in [0.2, 0.25) is 0 Å². The van der Waals surface area contributed by atoms with Crippen LogP contribution in [0.2, 0.25) is 0 Å². The Morgan fingerprint density at radius 3 is 1.22 bits per heavy atom. The van der Waals surface area contributed by atoms with E-state index >= 15 is 0 Å². The number of carbonyl (C=O) groups excluding carboxylic acids is 2. The third-order valence-electron chi connectivity index (χ3n) is 6.72. The van der Waals surface area contributed by atoms with Crippen molar-refractivity contribution in [3.63, 3.8) is 0 Å². The molecule has 0 saturated heterocycles. The van der Waals surface area contributed by atoms with Crippen LogP contribution in [0, 0.1) is 0 Å². The number of allylic oxidation sites excluding steroid dienone is 2. The average Bonchev–Trinajstić information content (AvgIpc) is 3.90. The number of unbranched alkanes of at least 4 members (excludes halogenated alkanes) is 2. The van der Waals surface area contributed by atoms with Crippen LogP contribution in [-0.2, 0) is 19.1 Å². The molecule has 0 atom stereocenters.